The summed E-state index contributed by atoms with van der Waals surface area (Å²) in [5, 5.41) is 4.44. The summed E-state index contributed by atoms with van der Waals surface area (Å²) in [5.41, 5.74) is 4.97. The van der Waals surface area contributed by atoms with Gasteiger partial charge in [0, 0.05) is 17.8 Å². The number of fused-ring (bicyclic) bond motifs is 1. The standard InChI is InChI=1S/C16H18N4O/c1-10(2)20-16-11(3)5-14(19-15(16)9-18-20)12-6-13(21-4)8-17-7-12/h5-10H,1-4H3. The molecule has 0 atom stereocenters. The summed E-state index contributed by atoms with van der Waals surface area (Å²) in [6, 6.07) is 4.32. The number of aryl methyl sites for hydroxylation is 1. The fourth-order valence-corrected chi connectivity index (χ4v) is 2.46. The molecule has 0 aliphatic carbocycles. The second-order valence-corrected chi connectivity index (χ2v) is 5.35. The lowest BCUT2D eigenvalue weighted by Crippen LogP contribution is -2.03. The predicted molar refractivity (Wildman–Crippen MR) is 82.4 cm³/mol. The molecule has 0 saturated carbocycles. The van der Waals surface area contributed by atoms with Crippen LogP contribution in [0.25, 0.3) is 22.3 Å². The third kappa shape index (κ3) is 2.35. The molecule has 5 nitrogen and oxygen atoms in total. The van der Waals surface area contributed by atoms with Crippen LogP contribution in [0.15, 0.2) is 30.7 Å². The van der Waals surface area contributed by atoms with E-state index in [2.05, 4.69) is 36.9 Å². The van der Waals surface area contributed by atoms with Gasteiger partial charge in [-0.05, 0) is 38.5 Å². The summed E-state index contributed by atoms with van der Waals surface area (Å²) in [6.45, 7) is 6.32. The van der Waals surface area contributed by atoms with Gasteiger partial charge in [-0.25, -0.2) is 4.98 Å². The molecule has 3 aromatic rings. The van der Waals surface area contributed by atoms with Crippen LogP contribution in [0.5, 0.6) is 5.75 Å². The lowest BCUT2D eigenvalue weighted by molar-refractivity contribution is 0.413. The first-order chi connectivity index (χ1) is 10.1. The zero-order chi connectivity index (χ0) is 15.0. The highest BCUT2D eigenvalue weighted by Gasteiger charge is 2.12. The number of hydrogen-bond donors (Lipinski definition) is 0. The minimum Gasteiger partial charge on any atom is -0.495 e. The van der Waals surface area contributed by atoms with Crippen molar-refractivity contribution in [3.05, 3.63) is 36.3 Å². The van der Waals surface area contributed by atoms with Crippen LogP contribution in [-0.4, -0.2) is 26.9 Å². The van der Waals surface area contributed by atoms with E-state index in [1.165, 1.54) is 0 Å². The third-order valence-electron chi connectivity index (χ3n) is 3.48. The van der Waals surface area contributed by atoms with E-state index in [4.69, 9.17) is 9.72 Å². The zero-order valence-electron chi connectivity index (χ0n) is 12.7. The summed E-state index contributed by atoms with van der Waals surface area (Å²) in [5.74, 6) is 0.727. The topological polar surface area (TPSA) is 52.8 Å². The molecule has 5 heteroatoms. The molecule has 0 aromatic carbocycles. The fraction of sp³-hybridized carbons (Fsp3) is 0.312. The molecule has 0 radical (unpaired) electrons. The van der Waals surface area contributed by atoms with Crippen LogP contribution in [0, 0.1) is 6.92 Å². The molecule has 0 saturated heterocycles. The van der Waals surface area contributed by atoms with E-state index in [1.807, 2.05) is 16.9 Å². The van der Waals surface area contributed by atoms with E-state index < -0.39 is 0 Å². The van der Waals surface area contributed by atoms with Crippen molar-refractivity contribution in [1.82, 2.24) is 19.7 Å². The molecule has 0 spiro atoms. The number of methoxy groups -OCH3 is 1. The minimum atomic E-state index is 0.312. The highest BCUT2D eigenvalue weighted by molar-refractivity contribution is 5.81. The van der Waals surface area contributed by atoms with Gasteiger partial charge in [-0.1, -0.05) is 0 Å². The molecule has 0 fully saturated rings. The van der Waals surface area contributed by atoms with Gasteiger partial charge in [0.25, 0.3) is 0 Å². The maximum absolute atomic E-state index is 5.22. The maximum Gasteiger partial charge on any atom is 0.137 e. The first-order valence-corrected chi connectivity index (χ1v) is 6.94. The Bertz CT molecular complexity index is 792. The number of ether oxygens (including phenoxy) is 1. The van der Waals surface area contributed by atoms with E-state index in [-0.39, 0.29) is 0 Å². The van der Waals surface area contributed by atoms with E-state index in [1.54, 1.807) is 19.5 Å². The SMILES string of the molecule is COc1cncc(-c2cc(C)c3c(cnn3C(C)C)n2)c1. The molecule has 108 valence electrons. The number of hydrogen-bond acceptors (Lipinski definition) is 4. The fourth-order valence-electron chi connectivity index (χ4n) is 2.46. The molecule has 3 heterocycles. The molecule has 0 bridgehead atoms. The molecule has 0 unspecified atom stereocenters. The van der Waals surface area contributed by atoms with Gasteiger partial charge in [-0.3, -0.25) is 9.67 Å². The Balaban J connectivity index is 2.17. The molecule has 3 rings (SSSR count). The van der Waals surface area contributed by atoms with Gasteiger partial charge in [-0.15, -0.1) is 0 Å². The summed E-state index contributed by atoms with van der Waals surface area (Å²) < 4.78 is 7.23. The number of pyridine rings is 2. The van der Waals surface area contributed by atoms with Crippen LogP contribution in [-0.2, 0) is 0 Å². The Morgan fingerprint density at radius 2 is 1.95 bits per heavy atom. The quantitative estimate of drug-likeness (QED) is 0.739. The van der Waals surface area contributed by atoms with Crippen molar-refractivity contribution in [1.29, 1.82) is 0 Å². The molecular formula is C16H18N4O. The number of nitrogens with zero attached hydrogens (tertiary/aromatic N) is 4. The number of rotatable bonds is 3. The summed E-state index contributed by atoms with van der Waals surface area (Å²) in [7, 11) is 1.63. The van der Waals surface area contributed by atoms with Gasteiger partial charge in [0.15, 0.2) is 0 Å². The average Bonchev–Trinajstić information content (AvgIpc) is 2.92. The number of aromatic nitrogens is 4. The summed E-state index contributed by atoms with van der Waals surface area (Å²) in [6.07, 6.45) is 5.30. The lowest BCUT2D eigenvalue weighted by Gasteiger charge is -2.10. The van der Waals surface area contributed by atoms with Crippen LogP contribution in [0.3, 0.4) is 0 Å². The van der Waals surface area contributed by atoms with Gasteiger partial charge in [0.05, 0.1) is 30.7 Å². The van der Waals surface area contributed by atoms with Gasteiger partial charge >= 0.3 is 0 Å². The largest absolute Gasteiger partial charge is 0.495 e. The average molecular weight is 282 g/mol. The van der Waals surface area contributed by atoms with Crippen LogP contribution in [0.1, 0.15) is 25.5 Å². The predicted octanol–water partition coefficient (Wildman–Crippen LogP) is 3.39. The Morgan fingerprint density at radius 3 is 2.67 bits per heavy atom. The van der Waals surface area contributed by atoms with Crippen molar-refractivity contribution in [3.8, 4) is 17.0 Å². The molecular weight excluding hydrogens is 264 g/mol. The molecule has 0 aliphatic rings. The van der Waals surface area contributed by atoms with E-state index >= 15 is 0 Å². The van der Waals surface area contributed by atoms with Crippen molar-refractivity contribution < 1.29 is 4.74 Å². The van der Waals surface area contributed by atoms with Gasteiger partial charge in [0.2, 0.25) is 0 Å². The van der Waals surface area contributed by atoms with Crippen molar-refractivity contribution in [2.24, 2.45) is 0 Å². The summed E-state index contributed by atoms with van der Waals surface area (Å²) >= 11 is 0. The molecule has 0 N–H and O–H groups in total. The highest BCUT2D eigenvalue weighted by Crippen LogP contribution is 2.27. The zero-order valence-corrected chi connectivity index (χ0v) is 12.7. The second kappa shape index (κ2) is 5.16. The van der Waals surface area contributed by atoms with Crippen LogP contribution >= 0.6 is 0 Å². The van der Waals surface area contributed by atoms with Crippen molar-refractivity contribution >= 4 is 11.0 Å². The Kier molecular flexibility index (Phi) is 3.33. The van der Waals surface area contributed by atoms with Crippen molar-refractivity contribution in [2.45, 2.75) is 26.8 Å². The summed E-state index contributed by atoms with van der Waals surface area (Å²) in [4.78, 5) is 8.90. The Morgan fingerprint density at radius 1 is 1.14 bits per heavy atom. The van der Waals surface area contributed by atoms with Gasteiger partial charge in [-0.2, -0.15) is 5.10 Å². The smallest absolute Gasteiger partial charge is 0.137 e. The Labute approximate surface area is 123 Å². The van der Waals surface area contributed by atoms with Crippen molar-refractivity contribution in [3.63, 3.8) is 0 Å². The Hall–Kier alpha value is -2.43. The first kappa shape index (κ1) is 13.5. The van der Waals surface area contributed by atoms with Crippen molar-refractivity contribution in [2.75, 3.05) is 7.11 Å². The van der Waals surface area contributed by atoms with E-state index in [0.29, 0.717) is 6.04 Å². The first-order valence-electron chi connectivity index (χ1n) is 6.94. The third-order valence-corrected chi connectivity index (χ3v) is 3.48. The monoisotopic (exact) mass is 282 g/mol. The van der Waals surface area contributed by atoms with Crippen LogP contribution in [0.4, 0.5) is 0 Å². The van der Waals surface area contributed by atoms with E-state index in [9.17, 15) is 0 Å². The lowest BCUT2D eigenvalue weighted by atomic mass is 10.1. The second-order valence-electron chi connectivity index (χ2n) is 5.35. The maximum atomic E-state index is 5.22. The molecule has 0 amide bonds. The van der Waals surface area contributed by atoms with E-state index in [0.717, 1.165) is 33.6 Å². The van der Waals surface area contributed by atoms with Crippen LogP contribution < -0.4 is 4.74 Å². The molecule has 3 aromatic heterocycles. The minimum absolute atomic E-state index is 0.312. The molecule has 0 aliphatic heterocycles. The van der Waals surface area contributed by atoms with Crippen LogP contribution in [0.2, 0.25) is 0 Å². The van der Waals surface area contributed by atoms with Gasteiger partial charge < -0.3 is 4.74 Å². The highest BCUT2D eigenvalue weighted by atomic mass is 16.5. The molecule has 21 heavy (non-hydrogen) atoms. The van der Waals surface area contributed by atoms with Gasteiger partial charge in [0.1, 0.15) is 11.3 Å². The normalized spacial score (nSPS) is 11.3.